The maximum atomic E-state index is 9.59. The van der Waals surface area contributed by atoms with Crippen LogP contribution in [0.2, 0.25) is 0 Å². The largest absolute Gasteiger partial charge is 0.508 e. The van der Waals surface area contributed by atoms with E-state index < -0.39 is 0 Å². The number of methoxy groups -OCH3 is 1. The first-order valence-electron chi connectivity index (χ1n) is 5.61. The summed E-state index contributed by atoms with van der Waals surface area (Å²) in [5.41, 5.74) is 1.90. The molecule has 0 aliphatic carbocycles. The number of halogens is 1. The molecule has 3 aromatic rings. The number of ether oxygens (including phenoxy) is 1. The number of phenolic OH excluding ortho intramolecular Hbond substituents is 1. The van der Waals surface area contributed by atoms with E-state index in [9.17, 15) is 5.11 Å². The number of hydrogen-bond donors (Lipinski definition) is 1. The lowest BCUT2D eigenvalue weighted by Gasteiger charge is -1.99. The van der Waals surface area contributed by atoms with E-state index in [0.717, 1.165) is 31.0 Å². The topological polar surface area (TPSA) is 42.4 Å². The summed E-state index contributed by atoms with van der Waals surface area (Å²) >= 11 is 4.97. The van der Waals surface area contributed by atoms with Gasteiger partial charge in [-0.05, 0) is 52.3 Å². The average molecular weight is 336 g/mol. The summed E-state index contributed by atoms with van der Waals surface area (Å²) in [6, 6.07) is 11.2. The maximum absolute atomic E-state index is 9.59. The molecule has 96 valence electrons. The quantitative estimate of drug-likeness (QED) is 0.752. The third-order valence-electron chi connectivity index (χ3n) is 2.77. The van der Waals surface area contributed by atoms with E-state index in [-0.39, 0.29) is 5.75 Å². The normalized spacial score (nSPS) is 10.8. The molecule has 3 rings (SSSR count). The molecule has 1 heterocycles. The SMILES string of the molecule is COc1ccc(-c2nc3c(Br)cc(O)cc3s2)cc1. The first kappa shape index (κ1) is 12.4. The van der Waals surface area contributed by atoms with Crippen molar-refractivity contribution in [1.29, 1.82) is 0 Å². The number of nitrogens with zero attached hydrogens (tertiary/aromatic N) is 1. The Balaban J connectivity index is 2.12. The second-order valence-corrected chi connectivity index (χ2v) is 5.91. The Bertz CT molecular complexity index is 737. The molecule has 19 heavy (non-hydrogen) atoms. The Morgan fingerprint density at radius 2 is 1.95 bits per heavy atom. The highest BCUT2D eigenvalue weighted by Crippen LogP contribution is 2.36. The zero-order chi connectivity index (χ0) is 13.4. The van der Waals surface area contributed by atoms with Crippen molar-refractivity contribution in [2.75, 3.05) is 7.11 Å². The third kappa shape index (κ3) is 2.31. The predicted octanol–water partition coefficient (Wildman–Crippen LogP) is 4.44. The third-order valence-corrected chi connectivity index (χ3v) is 4.43. The Hall–Kier alpha value is -1.59. The fourth-order valence-electron chi connectivity index (χ4n) is 1.83. The van der Waals surface area contributed by atoms with Crippen LogP contribution in [0.3, 0.4) is 0 Å². The first-order valence-corrected chi connectivity index (χ1v) is 7.22. The fraction of sp³-hybridized carbons (Fsp3) is 0.0714. The van der Waals surface area contributed by atoms with Crippen molar-refractivity contribution >= 4 is 37.5 Å². The summed E-state index contributed by atoms with van der Waals surface area (Å²) in [5.74, 6) is 1.06. The number of hydrogen-bond acceptors (Lipinski definition) is 4. The number of fused-ring (bicyclic) bond motifs is 1. The molecule has 0 amide bonds. The number of phenols is 1. The summed E-state index contributed by atoms with van der Waals surface area (Å²) < 4.78 is 6.90. The molecule has 0 saturated heterocycles. The fourth-order valence-corrected chi connectivity index (χ4v) is 3.53. The Morgan fingerprint density at radius 3 is 2.63 bits per heavy atom. The van der Waals surface area contributed by atoms with Gasteiger partial charge in [0.1, 0.15) is 16.5 Å². The van der Waals surface area contributed by atoms with E-state index in [0.29, 0.717) is 0 Å². The van der Waals surface area contributed by atoms with Crippen LogP contribution in [0.15, 0.2) is 40.9 Å². The van der Waals surface area contributed by atoms with Crippen LogP contribution in [0.25, 0.3) is 20.8 Å². The van der Waals surface area contributed by atoms with Crippen LogP contribution >= 0.6 is 27.3 Å². The molecule has 0 fully saturated rings. The van der Waals surface area contributed by atoms with Crippen molar-refractivity contribution < 1.29 is 9.84 Å². The number of thiazole rings is 1. The van der Waals surface area contributed by atoms with Gasteiger partial charge in [0.15, 0.2) is 0 Å². The molecule has 0 radical (unpaired) electrons. The summed E-state index contributed by atoms with van der Waals surface area (Å²) in [4.78, 5) is 4.60. The maximum Gasteiger partial charge on any atom is 0.124 e. The number of rotatable bonds is 2. The molecule has 0 aliphatic heterocycles. The molecule has 0 saturated carbocycles. The highest BCUT2D eigenvalue weighted by atomic mass is 79.9. The van der Waals surface area contributed by atoms with Gasteiger partial charge < -0.3 is 9.84 Å². The van der Waals surface area contributed by atoms with Gasteiger partial charge in [-0.15, -0.1) is 11.3 Å². The van der Waals surface area contributed by atoms with Crippen LogP contribution in [-0.2, 0) is 0 Å². The molecule has 5 heteroatoms. The van der Waals surface area contributed by atoms with Crippen LogP contribution < -0.4 is 4.74 Å². The number of aromatic nitrogens is 1. The van der Waals surface area contributed by atoms with Gasteiger partial charge in [-0.25, -0.2) is 4.98 Å². The van der Waals surface area contributed by atoms with E-state index in [1.807, 2.05) is 24.3 Å². The van der Waals surface area contributed by atoms with Crippen molar-refractivity contribution in [3.8, 4) is 22.1 Å². The van der Waals surface area contributed by atoms with E-state index in [1.54, 1.807) is 30.6 Å². The standard InChI is InChI=1S/C14H10BrNO2S/c1-18-10-4-2-8(3-5-10)14-16-13-11(15)6-9(17)7-12(13)19-14/h2-7,17H,1H3. The van der Waals surface area contributed by atoms with Gasteiger partial charge in [-0.1, -0.05) is 0 Å². The smallest absolute Gasteiger partial charge is 0.124 e. The van der Waals surface area contributed by atoms with Crippen LogP contribution in [0.1, 0.15) is 0 Å². The van der Waals surface area contributed by atoms with Crippen molar-refractivity contribution in [2.45, 2.75) is 0 Å². The van der Waals surface area contributed by atoms with Crippen molar-refractivity contribution in [3.63, 3.8) is 0 Å². The molecular weight excluding hydrogens is 326 g/mol. The summed E-state index contributed by atoms with van der Waals surface area (Å²) in [6.07, 6.45) is 0. The minimum Gasteiger partial charge on any atom is -0.508 e. The van der Waals surface area contributed by atoms with Gasteiger partial charge >= 0.3 is 0 Å². The van der Waals surface area contributed by atoms with Gasteiger partial charge in [0.05, 0.1) is 17.3 Å². The van der Waals surface area contributed by atoms with Gasteiger partial charge in [0.2, 0.25) is 0 Å². The molecule has 0 spiro atoms. The van der Waals surface area contributed by atoms with E-state index in [4.69, 9.17) is 4.74 Å². The Labute approximate surface area is 122 Å². The highest BCUT2D eigenvalue weighted by Gasteiger charge is 2.10. The molecule has 1 N–H and O–H groups in total. The first-order chi connectivity index (χ1) is 9.17. The van der Waals surface area contributed by atoms with Crippen molar-refractivity contribution in [2.24, 2.45) is 0 Å². The van der Waals surface area contributed by atoms with Gasteiger partial charge in [0.25, 0.3) is 0 Å². The van der Waals surface area contributed by atoms with Crippen LogP contribution in [0, 0.1) is 0 Å². The van der Waals surface area contributed by atoms with Gasteiger partial charge in [-0.3, -0.25) is 0 Å². The molecule has 1 aromatic heterocycles. The minimum atomic E-state index is 0.240. The Kier molecular flexibility index (Phi) is 3.16. The van der Waals surface area contributed by atoms with Crippen molar-refractivity contribution in [1.82, 2.24) is 4.98 Å². The monoisotopic (exact) mass is 335 g/mol. The van der Waals surface area contributed by atoms with E-state index in [2.05, 4.69) is 20.9 Å². The Morgan fingerprint density at radius 1 is 1.21 bits per heavy atom. The summed E-state index contributed by atoms with van der Waals surface area (Å²) in [5, 5.41) is 10.5. The van der Waals surface area contributed by atoms with Gasteiger partial charge in [0, 0.05) is 10.0 Å². The molecule has 2 aromatic carbocycles. The molecule has 0 unspecified atom stereocenters. The second kappa shape index (κ2) is 4.83. The molecular formula is C14H10BrNO2S. The number of aromatic hydroxyl groups is 1. The van der Waals surface area contributed by atoms with Crippen LogP contribution in [0.5, 0.6) is 11.5 Å². The molecule has 0 aliphatic rings. The molecule has 0 atom stereocenters. The van der Waals surface area contributed by atoms with Gasteiger partial charge in [-0.2, -0.15) is 0 Å². The average Bonchev–Trinajstić information content (AvgIpc) is 2.83. The lowest BCUT2D eigenvalue weighted by Crippen LogP contribution is -1.82. The lowest BCUT2D eigenvalue weighted by atomic mass is 10.2. The predicted molar refractivity (Wildman–Crippen MR) is 81.0 cm³/mol. The molecule has 3 nitrogen and oxygen atoms in total. The lowest BCUT2D eigenvalue weighted by molar-refractivity contribution is 0.415. The van der Waals surface area contributed by atoms with Crippen LogP contribution in [-0.4, -0.2) is 17.2 Å². The number of benzene rings is 2. The summed E-state index contributed by atoms with van der Waals surface area (Å²) in [6.45, 7) is 0. The van der Waals surface area contributed by atoms with E-state index in [1.165, 1.54) is 0 Å². The van der Waals surface area contributed by atoms with E-state index >= 15 is 0 Å². The molecule has 0 bridgehead atoms. The van der Waals surface area contributed by atoms with Crippen LogP contribution in [0.4, 0.5) is 0 Å². The highest BCUT2D eigenvalue weighted by molar-refractivity contribution is 9.10. The summed E-state index contributed by atoms with van der Waals surface area (Å²) in [7, 11) is 1.65. The van der Waals surface area contributed by atoms with Crippen molar-refractivity contribution in [3.05, 3.63) is 40.9 Å². The zero-order valence-electron chi connectivity index (χ0n) is 10.1. The minimum absolute atomic E-state index is 0.240. The zero-order valence-corrected chi connectivity index (χ0v) is 12.5. The second-order valence-electron chi connectivity index (χ2n) is 4.02.